The molecule has 0 bridgehead atoms. The first kappa shape index (κ1) is 29.6. The van der Waals surface area contributed by atoms with E-state index in [0.29, 0.717) is 41.4 Å². The molecule has 0 spiro atoms. The molecule has 0 unspecified atom stereocenters. The van der Waals surface area contributed by atoms with E-state index in [4.69, 9.17) is 21.4 Å². The number of hydrogen-bond acceptors (Lipinski definition) is 6. The molecule has 3 aromatic carbocycles. The number of aryl methyl sites for hydroxylation is 2. The highest BCUT2D eigenvalue weighted by Crippen LogP contribution is 2.30. The Labute approximate surface area is 222 Å². The molecule has 7 nitrogen and oxygen atoms in total. The van der Waals surface area contributed by atoms with E-state index in [1.165, 1.54) is 12.1 Å². The van der Waals surface area contributed by atoms with Gasteiger partial charge in [0.2, 0.25) is 9.84 Å². The molecule has 0 radical (unpaired) electrons. The van der Waals surface area contributed by atoms with Gasteiger partial charge in [-0.05, 0) is 85.5 Å². The molecule has 0 aromatic heterocycles. The fourth-order valence-corrected chi connectivity index (χ4v) is 5.33. The number of rotatable bonds is 11. The summed E-state index contributed by atoms with van der Waals surface area (Å²) in [6.07, 6.45) is -0.00906. The lowest BCUT2D eigenvalue weighted by Crippen LogP contribution is -2.23. The van der Waals surface area contributed by atoms with Gasteiger partial charge in [-0.15, -0.1) is 12.4 Å². The van der Waals surface area contributed by atoms with Crippen molar-refractivity contribution < 1.29 is 28.2 Å². The molecule has 0 saturated carbocycles. The number of hydrogen-bond donors (Lipinski definition) is 3. The lowest BCUT2D eigenvalue weighted by atomic mass is 10.1. The average molecular weight is 554 g/mol. The monoisotopic (exact) mass is 553 g/mol. The second-order valence-electron chi connectivity index (χ2n) is 8.24. The number of carboxylic acid groups (broad SMARTS) is 1. The minimum absolute atomic E-state index is 0. The zero-order chi connectivity index (χ0) is 25.6. The number of nitrogens with one attached hydrogen (secondary N) is 1. The van der Waals surface area contributed by atoms with E-state index in [0.717, 1.165) is 11.1 Å². The van der Waals surface area contributed by atoms with Gasteiger partial charge in [0.1, 0.15) is 5.75 Å². The molecule has 0 aliphatic carbocycles. The number of ether oxygens (including phenoxy) is 1. The van der Waals surface area contributed by atoms with Crippen LogP contribution < -0.4 is 10.1 Å². The minimum atomic E-state index is -3.75. The quantitative estimate of drug-likeness (QED) is 0.299. The minimum Gasteiger partial charge on any atom is -0.481 e. The van der Waals surface area contributed by atoms with E-state index in [-0.39, 0.29) is 22.2 Å². The maximum Gasteiger partial charge on any atom is 0.341 e. The van der Waals surface area contributed by atoms with Gasteiger partial charge in [-0.25, -0.2) is 13.2 Å². The van der Waals surface area contributed by atoms with Gasteiger partial charge in [-0.1, -0.05) is 35.9 Å². The molecule has 0 saturated heterocycles. The van der Waals surface area contributed by atoms with Crippen molar-refractivity contribution in [2.24, 2.45) is 0 Å². The van der Waals surface area contributed by atoms with Crippen LogP contribution in [0.15, 0.2) is 70.5 Å². The van der Waals surface area contributed by atoms with Gasteiger partial charge in [0.25, 0.3) is 0 Å². The second kappa shape index (κ2) is 13.1. The molecule has 0 amide bonds. The van der Waals surface area contributed by atoms with E-state index in [1.807, 2.05) is 6.07 Å². The Kier molecular flexibility index (Phi) is 10.8. The number of carboxylic acids is 1. The summed E-state index contributed by atoms with van der Waals surface area (Å²) in [5.41, 5.74) is 2.80. The zero-order valence-electron chi connectivity index (χ0n) is 19.9. The first-order valence-electron chi connectivity index (χ1n) is 11.0. The van der Waals surface area contributed by atoms with Crippen LogP contribution in [0.4, 0.5) is 0 Å². The normalized spacial score (nSPS) is 12.0. The molecule has 194 valence electrons. The fourth-order valence-electron chi connectivity index (χ4n) is 3.70. The predicted molar refractivity (Wildman–Crippen MR) is 141 cm³/mol. The molecule has 0 aliphatic rings. The van der Waals surface area contributed by atoms with E-state index < -0.39 is 28.5 Å². The number of aliphatic hydroxyl groups is 1. The van der Waals surface area contributed by atoms with Crippen molar-refractivity contribution in [3.63, 3.8) is 0 Å². The highest BCUT2D eigenvalue weighted by Gasteiger charge is 2.20. The first-order valence-corrected chi connectivity index (χ1v) is 12.9. The van der Waals surface area contributed by atoms with Crippen LogP contribution in [0.1, 0.15) is 28.4 Å². The fraction of sp³-hybridized carbons (Fsp3) is 0.269. The van der Waals surface area contributed by atoms with Crippen LogP contribution in [0, 0.1) is 13.8 Å². The van der Waals surface area contributed by atoms with Crippen molar-refractivity contribution in [3.05, 3.63) is 87.9 Å². The van der Waals surface area contributed by atoms with Crippen LogP contribution in [0.3, 0.4) is 0 Å². The summed E-state index contributed by atoms with van der Waals surface area (Å²) in [6.45, 7) is 3.85. The zero-order valence-corrected chi connectivity index (χ0v) is 22.3. The van der Waals surface area contributed by atoms with Crippen molar-refractivity contribution in [1.29, 1.82) is 0 Å². The van der Waals surface area contributed by atoms with E-state index >= 15 is 0 Å². The van der Waals surface area contributed by atoms with Gasteiger partial charge >= 0.3 is 5.97 Å². The smallest absolute Gasteiger partial charge is 0.341 e. The van der Waals surface area contributed by atoms with Gasteiger partial charge in [0.05, 0.1) is 15.9 Å². The van der Waals surface area contributed by atoms with Crippen molar-refractivity contribution in [3.8, 4) is 5.75 Å². The molecule has 0 aliphatic heterocycles. The summed E-state index contributed by atoms with van der Waals surface area (Å²) < 4.78 is 31.6. The van der Waals surface area contributed by atoms with Gasteiger partial charge in [-0.2, -0.15) is 0 Å². The Morgan fingerprint density at radius 1 is 1.03 bits per heavy atom. The Hall–Kier alpha value is -2.62. The third-order valence-electron chi connectivity index (χ3n) is 5.48. The largest absolute Gasteiger partial charge is 0.481 e. The predicted octanol–water partition coefficient (Wildman–Crippen LogP) is 4.54. The van der Waals surface area contributed by atoms with Gasteiger partial charge in [0.15, 0.2) is 6.61 Å². The molecule has 1 atom stereocenters. The van der Waals surface area contributed by atoms with Gasteiger partial charge in [0, 0.05) is 11.6 Å². The highest BCUT2D eigenvalue weighted by atomic mass is 35.5. The number of halogens is 2. The van der Waals surface area contributed by atoms with Crippen LogP contribution in [0.2, 0.25) is 5.02 Å². The highest BCUT2D eigenvalue weighted by molar-refractivity contribution is 7.91. The standard InChI is InChI=1S/C26H28ClNO6S.ClH/c1-17-12-23(13-18(2)26(17)34-16-25(30)31)35(32,33)22-8-6-19(7-9-22)10-11-28-15-24(29)20-4-3-5-21(27)14-20;/h3-9,12-14,24,28-29H,10-11,15-16H2,1-2H3,(H,30,31);1H/t24-;/m1./s1. The van der Waals surface area contributed by atoms with E-state index in [1.54, 1.807) is 56.3 Å². The molecular weight excluding hydrogens is 525 g/mol. The maximum absolute atomic E-state index is 13.1. The van der Waals surface area contributed by atoms with Crippen molar-refractivity contribution >= 4 is 39.8 Å². The summed E-state index contributed by atoms with van der Waals surface area (Å²) in [5.74, 6) is -0.734. The molecule has 36 heavy (non-hydrogen) atoms. The van der Waals surface area contributed by atoms with Crippen LogP contribution in [0.5, 0.6) is 5.75 Å². The molecule has 3 rings (SSSR count). The van der Waals surface area contributed by atoms with Crippen LogP contribution in [0.25, 0.3) is 0 Å². The summed E-state index contributed by atoms with van der Waals surface area (Å²) in [6, 6.07) is 16.8. The lowest BCUT2D eigenvalue weighted by molar-refractivity contribution is -0.139. The first-order chi connectivity index (χ1) is 16.6. The maximum atomic E-state index is 13.1. The number of sulfone groups is 1. The summed E-state index contributed by atoms with van der Waals surface area (Å²) in [7, 11) is -3.75. The molecule has 10 heteroatoms. The van der Waals surface area contributed by atoms with E-state index in [2.05, 4.69) is 5.32 Å². The molecular formula is C26H29Cl2NO6S. The van der Waals surface area contributed by atoms with Crippen molar-refractivity contribution in [2.45, 2.75) is 36.2 Å². The Balaban J connectivity index is 0.00000456. The third kappa shape index (κ3) is 7.69. The number of carbonyl (C=O) groups is 1. The summed E-state index contributed by atoms with van der Waals surface area (Å²) in [5, 5.41) is 22.9. The summed E-state index contributed by atoms with van der Waals surface area (Å²) >= 11 is 5.96. The van der Waals surface area contributed by atoms with Crippen LogP contribution in [-0.2, 0) is 21.1 Å². The topological polar surface area (TPSA) is 113 Å². The lowest BCUT2D eigenvalue weighted by Gasteiger charge is -2.14. The van der Waals surface area contributed by atoms with Crippen molar-refractivity contribution in [1.82, 2.24) is 5.32 Å². The van der Waals surface area contributed by atoms with Gasteiger partial charge in [-0.3, -0.25) is 0 Å². The van der Waals surface area contributed by atoms with Crippen LogP contribution in [-0.4, -0.2) is 44.3 Å². The number of aliphatic carboxylic acids is 1. The molecule has 0 fully saturated rings. The van der Waals surface area contributed by atoms with Crippen LogP contribution >= 0.6 is 24.0 Å². The Morgan fingerprint density at radius 2 is 1.67 bits per heavy atom. The third-order valence-corrected chi connectivity index (χ3v) is 7.46. The number of aliphatic hydroxyl groups excluding tert-OH is 1. The Morgan fingerprint density at radius 3 is 2.25 bits per heavy atom. The molecule has 3 N–H and O–H groups in total. The van der Waals surface area contributed by atoms with Crippen molar-refractivity contribution in [2.75, 3.05) is 19.7 Å². The SMILES string of the molecule is Cc1cc(S(=O)(=O)c2ccc(CCNC[C@@H](O)c3cccc(Cl)c3)cc2)cc(C)c1OCC(=O)O.Cl. The average Bonchev–Trinajstić information content (AvgIpc) is 2.81. The Bertz CT molecular complexity index is 1270. The van der Waals surface area contributed by atoms with Gasteiger partial charge < -0.3 is 20.3 Å². The molecule has 3 aromatic rings. The second-order valence-corrected chi connectivity index (χ2v) is 10.6. The number of benzene rings is 3. The summed E-state index contributed by atoms with van der Waals surface area (Å²) in [4.78, 5) is 11.1. The van der Waals surface area contributed by atoms with E-state index in [9.17, 15) is 18.3 Å². The molecule has 0 heterocycles.